The summed E-state index contributed by atoms with van der Waals surface area (Å²) >= 11 is 0. The second-order valence-corrected chi connectivity index (χ2v) is 11.2. The van der Waals surface area contributed by atoms with Crippen molar-refractivity contribution in [1.29, 1.82) is 0 Å². The van der Waals surface area contributed by atoms with Crippen molar-refractivity contribution in [3.63, 3.8) is 0 Å². The van der Waals surface area contributed by atoms with E-state index in [1.54, 1.807) is 19.0 Å². The Bertz CT molecular complexity index is 1290. The standard InChI is InChI=1S/C32H37N3O3/c1-21(2)19-27-32(24-17-11-12-18-25(24)33-31(32)38)20-26(30(37)34(3)4)35(27)28(22-13-7-5-8-14-22)29(36)23-15-9-6-10-16-23/h5-18,21,26-29,36H,19-20H2,1-4H3,(H,33,38). The highest BCUT2D eigenvalue weighted by atomic mass is 16.3. The molecule has 2 amide bonds. The third-order valence-corrected chi connectivity index (χ3v) is 8.19. The van der Waals surface area contributed by atoms with E-state index < -0.39 is 23.6 Å². The fourth-order valence-corrected chi connectivity index (χ4v) is 6.56. The number of likely N-dealkylation sites (tertiary alicyclic amines) is 1. The normalized spacial score (nSPS) is 24.3. The summed E-state index contributed by atoms with van der Waals surface area (Å²) in [5, 5.41) is 15.1. The molecule has 1 spiro atoms. The number of hydrogen-bond acceptors (Lipinski definition) is 4. The smallest absolute Gasteiger partial charge is 0.239 e. The van der Waals surface area contributed by atoms with Crippen LogP contribution in [0.1, 0.15) is 55.5 Å². The molecule has 0 aliphatic carbocycles. The number of amides is 2. The predicted molar refractivity (Wildman–Crippen MR) is 150 cm³/mol. The third-order valence-electron chi connectivity index (χ3n) is 8.19. The molecule has 0 aromatic heterocycles. The first-order valence-electron chi connectivity index (χ1n) is 13.4. The predicted octanol–water partition coefficient (Wildman–Crippen LogP) is 4.93. The molecule has 38 heavy (non-hydrogen) atoms. The second kappa shape index (κ2) is 10.4. The van der Waals surface area contributed by atoms with Crippen LogP contribution in [0.4, 0.5) is 5.69 Å². The highest BCUT2D eigenvalue weighted by Gasteiger charge is 2.64. The maximum atomic E-state index is 14.0. The first-order valence-corrected chi connectivity index (χ1v) is 13.4. The van der Waals surface area contributed by atoms with Crippen LogP contribution in [0.5, 0.6) is 0 Å². The summed E-state index contributed by atoms with van der Waals surface area (Å²) in [6.45, 7) is 4.30. The second-order valence-electron chi connectivity index (χ2n) is 11.2. The number of nitrogens with zero attached hydrogens (tertiary/aromatic N) is 2. The van der Waals surface area contributed by atoms with Crippen LogP contribution in [-0.4, -0.2) is 52.9 Å². The van der Waals surface area contributed by atoms with E-state index in [0.29, 0.717) is 12.8 Å². The number of benzene rings is 3. The topological polar surface area (TPSA) is 72.9 Å². The third kappa shape index (κ3) is 4.32. The minimum atomic E-state index is -0.902. The van der Waals surface area contributed by atoms with Gasteiger partial charge in [-0.05, 0) is 41.5 Å². The molecule has 5 rings (SSSR count). The molecular weight excluding hydrogens is 474 g/mol. The van der Waals surface area contributed by atoms with Crippen LogP contribution in [0.2, 0.25) is 0 Å². The van der Waals surface area contributed by atoms with Crippen molar-refractivity contribution in [3.05, 3.63) is 102 Å². The molecule has 0 saturated carbocycles. The van der Waals surface area contributed by atoms with Crippen LogP contribution in [0, 0.1) is 5.92 Å². The average Bonchev–Trinajstić information content (AvgIpc) is 3.39. The van der Waals surface area contributed by atoms with Crippen molar-refractivity contribution < 1.29 is 14.7 Å². The Morgan fingerprint density at radius 3 is 2.16 bits per heavy atom. The maximum absolute atomic E-state index is 14.0. The van der Waals surface area contributed by atoms with Crippen molar-refractivity contribution in [3.8, 4) is 0 Å². The molecule has 0 radical (unpaired) electrons. The molecule has 2 heterocycles. The van der Waals surface area contributed by atoms with Gasteiger partial charge >= 0.3 is 0 Å². The van der Waals surface area contributed by atoms with Crippen molar-refractivity contribution in [2.45, 2.75) is 56.3 Å². The summed E-state index contributed by atoms with van der Waals surface area (Å²) in [7, 11) is 3.52. The molecule has 2 aliphatic heterocycles. The monoisotopic (exact) mass is 511 g/mol. The summed E-state index contributed by atoms with van der Waals surface area (Å²) in [6, 6.07) is 25.9. The summed E-state index contributed by atoms with van der Waals surface area (Å²) < 4.78 is 0. The fourth-order valence-electron chi connectivity index (χ4n) is 6.56. The molecule has 2 N–H and O–H groups in total. The number of carbonyl (C=O) groups is 2. The van der Waals surface area contributed by atoms with Crippen LogP contribution in [0.15, 0.2) is 84.9 Å². The average molecular weight is 512 g/mol. The van der Waals surface area contributed by atoms with Gasteiger partial charge in [-0.25, -0.2) is 0 Å². The van der Waals surface area contributed by atoms with Crippen LogP contribution in [-0.2, 0) is 15.0 Å². The van der Waals surface area contributed by atoms with Gasteiger partial charge in [0.05, 0.1) is 23.6 Å². The molecule has 0 bridgehead atoms. The highest BCUT2D eigenvalue weighted by Crippen LogP contribution is 2.55. The van der Waals surface area contributed by atoms with Crippen molar-refractivity contribution in [1.82, 2.24) is 9.80 Å². The molecule has 198 valence electrons. The highest BCUT2D eigenvalue weighted by molar-refractivity contribution is 6.08. The zero-order valence-corrected chi connectivity index (χ0v) is 22.5. The molecule has 3 aromatic rings. The van der Waals surface area contributed by atoms with Gasteiger partial charge in [0.1, 0.15) is 0 Å². The van der Waals surface area contributed by atoms with E-state index in [1.807, 2.05) is 84.9 Å². The Morgan fingerprint density at radius 2 is 1.55 bits per heavy atom. The largest absolute Gasteiger partial charge is 0.386 e. The lowest BCUT2D eigenvalue weighted by Gasteiger charge is -2.43. The van der Waals surface area contributed by atoms with Gasteiger partial charge in [0, 0.05) is 25.8 Å². The first kappa shape index (κ1) is 26.1. The minimum absolute atomic E-state index is 0.0611. The van der Waals surface area contributed by atoms with Gasteiger partial charge in [0.15, 0.2) is 0 Å². The zero-order valence-electron chi connectivity index (χ0n) is 22.5. The Hall–Kier alpha value is -3.48. The van der Waals surface area contributed by atoms with Gasteiger partial charge in [0.25, 0.3) is 0 Å². The number of fused-ring (bicyclic) bond motifs is 2. The zero-order chi connectivity index (χ0) is 27.0. The van der Waals surface area contributed by atoms with Crippen molar-refractivity contribution in [2.24, 2.45) is 5.92 Å². The Kier molecular flexibility index (Phi) is 7.12. The van der Waals surface area contributed by atoms with Gasteiger partial charge in [-0.1, -0.05) is 92.7 Å². The number of aliphatic hydroxyl groups excluding tert-OH is 1. The molecule has 2 aliphatic rings. The molecule has 5 atom stereocenters. The van der Waals surface area contributed by atoms with E-state index in [9.17, 15) is 14.7 Å². The van der Waals surface area contributed by atoms with Crippen LogP contribution in [0.25, 0.3) is 0 Å². The SMILES string of the molecule is CC(C)CC1N(C(c2ccccc2)C(O)c2ccccc2)C(C(=O)N(C)C)CC12C(=O)Nc1ccccc12. The van der Waals surface area contributed by atoms with Gasteiger partial charge in [-0.15, -0.1) is 0 Å². The number of nitrogens with one attached hydrogen (secondary N) is 1. The molecule has 1 saturated heterocycles. The number of hydrogen-bond donors (Lipinski definition) is 2. The quantitative estimate of drug-likeness (QED) is 0.472. The lowest BCUT2D eigenvalue weighted by molar-refractivity contribution is -0.136. The maximum Gasteiger partial charge on any atom is 0.239 e. The number of carbonyl (C=O) groups excluding carboxylic acids is 2. The van der Waals surface area contributed by atoms with E-state index in [4.69, 9.17) is 0 Å². The minimum Gasteiger partial charge on any atom is -0.386 e. The lowest BCUT2D eigenvalue weighted by atomic mass is 9.71. The molecular formula is C32H37N3O3. The molecule has 3 aromatic carbocycles. The summed E-state index contributed by atoms with van der Waals surface area (Å²) in [5.41, 5.74) is 2.54. The number of aliphatic hydroxyl groups is 1. The first-order chi connectivity index (χ1) is 18.3. The lowest BCUT2D eigenvalue weighted by Crippen LogP contribution is -2.52. The molecule has 6 heteroatoms. The van der Waals surface area contributed by atoms with E-state index in [-0.39, 0.29) is 23.8 Å². The van der Waals surface area contributed by atoms with Gasteiger partial charge < -0.3 is 15.3 Å². The Labute approximate surface area is 225 Å². The molecule has 5 unspecified atom stereocenters. The summed E-state index contributed by atoms with van der Waals surface area (Å²) in [4.78, 5) is 31.7. The number of anilines is 1. The number of rotatable bonds is 7. The van der Waals surface area contributed by atoms with E-state index >= 15 is 0 Å². The Balaban J connectivity index is 1.75. The fraction of sp³-hybridized carbons (Fsp3) is 0.375. The van der Waals surface area contributed by atoms with E-state index in [0.717, 1.165) is 22.4 Å². The van der Waals surface area contributed by atoms with Gasteiger partial charge in [-0.2, -0.15) is 0 Å². The van der Waals surface area contributed by atoms with Crippen molar-refractivity contribution >= 4 is 17.5 Å². The number of likely N-dealkylation sites (N-methyl/N-ethyl adjacent to an activating group) is 1. The Morgan fingerprint density at radius 1 is 0.974 bits per heavy atom. The molecule has 6 nitrogen and oxygen atoms in total. The van der Waals surface area contributed by atoms with Gasteiger partial charge in [0.2, 0.25) is 11.8 Å². The van der Waals surface area contributed by atoms with Crippen LogP contribution < -0.4 is 5.32 Å². The van der Waals surface area contributed by atoms with Crippen LogP contribution >= 0.6 is 0 Å². The van der Waals surface area contributed by atoms with Crippen LogP contribution in [0.3, 0.4) is 0 Å². The van der Waals surface area contributed by atoms with E-state index in [2.05, 4.69) is 24.1 Å². The van der Waals surface area contributed by atoms with E-state index in [1.165, 1.54) is 0 Å². The number of para-hydroxylation sites is 1. The summed E-state index contributed by atoms with van der Waals surface area (Å²) in [6.07, 6.45) is 0.152. The molecule has 1 fully saturated rings. The summed E-state index contributed by atoms with van der Waals surface area (Å²) in [5.74, 6) is 0.136. The van der Waals surface area contributed by atoms with Gasteiger partial charge in [-0.3, -0.25) is 14.5 Å². The van der Waals surface area contributed by atoms with Crippen molar-refractivity contribution in [2.75, 3.05) is 19.4 Å².